The number of likely N-dealkylation sites (N-methyl/N-ethyl adjacent to an activating group) is 1. The molecule has 2 heterocycles. The molecule has 0 radical (unpaired) electrons. The van der Waals surface area contributed by atoms with E-state index in [0.717, 1.165) is 29.7 Å². The highest BCUT2D eigenvalue weighted by atomic mass is 32.2. The average Bonchev–Trinajstić information content (AvgIpc) is 2.86. The number of aromatic nitrogens is 1. The van der Waals surface area contributed by atoms with Gasteiger partial charge in [-0.25, -0.2) is 9.78 Å². The van der Waals surface area contributed by atoms with Crippen LogP contribution in [0.15, 0.2) is 59.3 Å². The zero-order valence-corrected chi connectivity index (χ0v) is 21.1. The summed E-state index contributed by atoms with van der Waals surface area (Å²) in [6.07, 6.45) is 7.59. The lowest BCUT2D eigenvalue weighted by Gasteiger charge is -2.29. The van der Waals surface area contributed by atoms with Gasteiger partial charge in [-0.05, 0) is 42.6 Å². The Balaban J connectivity index is 1.55. The molecule has 1 aliphatic rings. The van der Waals surface area contributed by atoms with Gasteiger partial charge in [0.15, 0.2) is 11.5 Å². The molecule has 1 aromatic carbocycles. The van der Waals surface area contributed by atoms with E-state index in [4.69, 9.17) is 14.2 Å². The Morgan fingerprint density at radius 3 is 2.49 bits per heavy atom. The van der Waals surface area contributed by atoms with E-state index in [-0.39, 0.29) is 19.1 Å². The number of amides is 1. The molecule has 1 amide bonds. The van der Waals surface area contributed by atoms with E-state index in [0.29, 0.717) is 23.9 Å². The van der Waals surface area contributed by atoms with Crippen LogP contribution >= 0.6 is 11.9 Å². The van der Waals surface area contributed by atoms with Gasteiger partial charge in [-0.3, -0.25) is 4.79 Å². The van der Waals surface area contributed by atoms with Crippen molar-refractivity contribution in [1.82, 2.24) is 9.29 Å². The molecule has 1 N–H and O–H groups in total. The molecule has 0 saturated carbocycles. The Kier molecular flexibility index (Phi) is 10.8. The largest absolute Gasteiger partial charge is 0.508 e. The number of carbonyl (C=O) groups excluding carboxylic acids is 2. The molecule has 1 aromatic heterocycles. The predicted octanol–water partition coefficient (Wildman–Crippen LogP) is 5.87. The molecule has 0 fully saturated rings. The van der Waals surface area contributed by atoms with Gasteiger partial charge in [0.25, 0.3) is 5.91 Å². The summed E-state index contributed by atoms with van der Waals surface area (Å²) in [4.78, 5) is 30.1. The van der Waals surface area contributed by atoms with Crippen LogP contribution < -0.4 is 5.32 Å². The van der Waals surface area contributed by atoms with Crippen LogP contribution in [-0.2, 0) is 19.0 Å². The fourth-order valence-electron chi connectivity index (χ4n) is 3.55. The minimum atomic E-state index is -0.707. The number of unbranched alkanes of at least 4 members (excludes halogenated alkanes) is 5. The summed E-state index contributed by atoms with van der Waals surface area (Å²) in [7, 11) is 1.80. The first-order chi connectivity index (χ1) is 17.1. The molecule has 188 valence electrons. The van der Waals surface area contributed by atoms with Gasteiger partial charge in [-0.2, -0.15) is 0 Å². The second kappa shape index (κ2) is 14.3. The molecule has 3 rings (SSSR count). The summed E-state index contributed by atoms with van der Waals surface area (Å²) in [5, 5.41) is 2.81. The average molecular weight is 500 g/mol. The number of anilines is 1. The minimum Gasteiger partial charge on any atom is -0.487 e. The van der Waals surface area contributed by atoms with Crippen LogP contribution in [0.3, 0.4) is 0 Å². The van der Waals surface area contributed by atoms with E-state index in [1.165, 1.54) is 31.2 Å². The number of carbonyl (C=O) groups is 2. The topological polar surface area (TPSA) is 90.0 Å². The molecule has 35 heavy (non-hydrogen) atoms. The molecule has 0 saturated heterocycles. The fraction of sp³-hybridized carbons (Fsp3) is 0.423. The minimum absolute atomic E-state index is 0.00694. The van der Waals surface area contributed by atoms with Gasteiger partial charge in [0.1, 0.15) is 19.0 Å². The number of hydrogen-bond acceptors (Lipinski definition) is 8. The number of rotatable bonds is 13. The maximum absolute atomic E-state index is 13.1. The van der Waals surface area contributed by atoms with E-state index in [2.05, 4.69) is 17.2 Å². The molecule has 8 nitrogen and oxygen atoms in total. The standard InChI is InChI=1S/C26H33N3O5S/c1-3-4-5-6-7-12-17-33-26(31)34-19-18-32-24-20-13-8-9-14-21(20)35-29(2)23(24)25(30)28-22-15-10-11-16-27-22/h8-11,13-16H,3-7,12,17-19H2,1-2H3,(H,27,28,30). The van der Waals surface area contributed by atoms with Crippen molar-refractivity contribution in [2.45, 2.75) is 50.3 Å². The van der Waals surface area contributed by atoms with Gasteiger partial charge in [0.2, 0.25) is 0 Å². The van der Waals surface area contributed by atoms with E-state index >= 15 is 0 Å². The van der Waals surface area contributed by atoms with Crippen LogP contribution in [0.1, 0.15) is 51.0 Å². The highest BCUT2D eigenvalue weighted by molar-refractivity contribution is 7.97. The molecule has 2 aromatic rings. The van der Waals surface area contributed by atoms with Crippen molar-refractivity contribution >= 4 is 35.6 Å². The maximum Gasteiger partial charge on any atom is 0.508 e. The molecule has 0 spiro atoms. The number of ether oxygens (including phenoxy) is 3. The monoisotopic (exact) mass is 499 g/mol. The summed E-state index contributed by atoms with van der Waals surface area (Å²) in [5.41, 5.74) is 1.15. The van der Waals surface area contributed by atoms with E-state index in [1.807, 2.05) is 24.3 Å². The third-order valence-electron chi connectivity index (χ3n) is 5.29. The number of pyridine rings is 1. The lowest BCUT2D eigenvalue weighted by molar-refractivity contribution is -0.113. The highest BCUT2D eigenvalue weighted by Crippen LogP contribution is 2.40. The number of benzene rings is 1. The predicted molar refractivity (Wildman–Crippen MR) is 136 cm³/mol. The second-order valence-corrected chi connectivity index (χ2v) is 9.17. The van der Waals surface area contributed by atoms with Crippen molar-refractivity contribution in [1.29, 1.82) is 0 Å². The number of nitrogens with zero attached hydrogens (tertiary/aromatic N) is 2. The molecular formula is C26H33N3O5S. The van der Waals surface area contributed by atoms with Crippen LogP contribution in [0.25, 0.3) is 5.76 Å². The zero-order chi connectivity index (χ0) is 24.9. The Bertz CT molecular complexity index is 999. The quantitative estimate of drug-likeness (QED) is 0.208. The highest BCUT2D eigenvalue weighted by Gasteiger charge is 2.30. The van der Waals surface area contributed by atoms with Gasteiger partial charge >= 0.3 is 6.16 Å². The Hall–Kier alpha value is -3.20. The summed E-state index contributed by atoms with van der Waals surface area (Å²) in [6.45, 7) is 2.62. The van der Waals surface area contributed by atoms with Gasteiger partial charge in [0.05, 0.1) is 6.61 Å². The molecule has 1 aliphatic heterocycles. The van der Waals surface area contributed by atoms with Crippen molar-refractivity contribution in [2.75, 3.05) is 32.2 Å². The summed E-state index contributed by atoms with van der Waals surface area (Å²) in [6, 6.07) is 13.0. The van der Waals surface area contributed by atoms with E-state index < -0.39 is 6.16 Å². The van der Waals surface area contributed by atoms with Crippen molar-refractivity contribution in [3.05, 3.63) is 59.9 Å². The smallest absolute Gasteiger partial charge is 0.487 e. The third-order valence-corrected chi connectivity index (χ3v) is 6.30. The first-order valence-electron chi connectivity index (χ1n) is 12.0. The molecule has 0 bridgehead atoms. The number of fused-ring (bicyclic) bond motifs is 1. The molecule has 9 heteroatoms. The van der Waals surface area contributed by atoms with Gasteiger partial charge in [-0.15, -0.1) is 0 Å². The number of hydrogen-bond donors (Lipinski definition) is 1. The molecule has 0 unspecified atom stereocenters. The lowest BCUT2D eigenvalue weighted by atomic mass is 10.1. The Morgan fingerprint density at radius 2 is 1.69 bits per heavy atom. The molecular weight excluding hydrogens is 466 g/mol. The van der Waals surface area contributed by atoms with Gasteiger partial charge in [-0.1, -0.05) is 57.2 Å². The summed E-state index contributed by atoms with van der Waals surface area (Å²) in [5.74, 6) is 0.514. The molecule has 0 aliphatic carbocycles. The van der Waals surface area contributed by atoms with Crippen molar-refractivity contribution in [3.63, 3.8) is 0 Å². The summed E-state index contributed by atoms with van der Waals surface area (Å²) < 4.78 is 18.0. The second-order valence-electron chi connectivity index (χ2n) is 7.99. The first-order valence-corrected chi connectivity index (χ1v) is 12.8. The van der Waals surface area contributed by atoms with Crippen LogP contribution in [0.4, 0.5) is 10.6 Å². The Morgan fingerprint density at radius 1 is 0.943 bits per heavy atom. The fourth-order valence-corrected chi connectivity index (χ4v) is 4.50. The van der Waals surface area contributed by atoms with Gasteiger partial charge in [0, 0.05) is 23.7 Å². The lowest BCUT2D eigenvalue weighted by Crippen LogP contribution is -2.28. The van der Waals surface area contributed by atoms with Crippen LogP contribution in [0, 0.1) is 0 Å². The third kappa shape index (κ3) is 8.20. The normalized spacial score (nSPS) is 12.7. The van der Waals surface area contributed by atoms with Crippen molar-refractivity contribution in [2.24, 2.45) is 0 Å². The van der Waals surface area contributed by atoms with Gasteiger partial charge < -0.3 is 23.8 Å². The van der Waals surface area contributed by atoms with Crippen LogP contribution in [-0.4, -0.2) is 48.2 Å². The Labute approximate surface area is 211 Å². The SMILES string of the molecule is CCCCCCCCOC(=O)OCCOC1=C(C(=O)Nc2ccccn2)N(C)Sc2ccccc21. The zero-order valence-electron chi connectivity index (χ0n) is 20.3. The number of nitrogens with one attached hydrogen (secondary N) is 1. The van der Waals surface area contributed by atoms with E-state index in [9.17, 15) is 9.59 Å². The van der Waals surface area contributed by atoms with Crippen molar-refractivity contribution < 1.29 is 23.8 Å². The maximum atomic E-state index is 13.1. The first kappa shape index (κ1) is 26.4. The van der Waals surface area contributed by atoms with E-state index in [1.54, 1.807) is 35.7 Å². The summed E-state index contributed by atoms with van der Waals surface area (Å²) >= 11 is 1.43. The van der Waals surface area contributed by atoms with Crippen LogP contribution in [0.5, 0.6) is 0 Å². The van der Waals surface area contributed by atoms with Crippen LogP contribution in [0.2, 0.25) is 0 Å². The molecule has 0 atom stereocenters. The van der Waals surface area contributed by atoms with Crippen molar-refractivity contribution in [3.8, 4) is 0 Å².